The lowest BCUT2D eigenvalue weighted by Gasteiger charge is -2.50. The van der Waals surface area contributed by atoms with E-state index >= 15 is 0 Å². The van der Waals surface area contributed by atoms with E-state index in [1.54, 1.807) is 4.90 Å². The molecule has 114 valence electrons. The van der Waals surface area contributed by atoms with E-state index in [0.717, 1.165) is 5.57 Å². The van der Waals surface area contributed by atoms with Gasteiger partial charge in [0.25, 0.3) is 0 Å². The molecule has 20 heavy (non-hydrogen) atoms. The van der Waals surface area contributed by atoms with Crippen LogP contribution in [0.5, 0.6) is 0 Å². The maximum absolute atomic E-state index is 12.9. The van der Waals surface area contributed by atoms with Crippen molar-refractivity contribution in [3.05, 3.63) is 11.6 Å². The van der Waals surface area contributed by atoms with Gasteiger partial charge in [-0.05, 0) is 40.0 Å². The maximum atomic E-state index is 12.9. The molecule has 1 rings (SSSR count). The van der Waals surface area contributed by atoms with Gasteiger partial charge < -0.3 is 10.2 Å². The second-order valence-electron chi connectivity index (χ2n) is 6.07. The molecule has 0 bridgehead atoms. The maximum Gasteiger partial charge on any atom is 0.249 e. The molecule has 0 aromatic heterocycles. The van der Waals surface area contributed by atoms with Crippen molar-refractivity contribution in [2.24, 2.45) is 0 Å². The molecule has 1 fully saturated rings. The number of nitrogens with zero attached hydrogens (tertiary/aromatic N) is 1. The lowest BCUT2D eigenvalue weighted by atomic mass is 9.81. The number of carbonyl (C=O) groups is 2. The molecule has 0 saturated carbocycles. The van der Waals surface area contributed by atoms with Crippen molar-refractivity contribution in [3.63, 3.8) is 0 Å². The van der Waals surface area contributed by atoms with Crippen LogP contribution < -0.4 is 5.32 Å². The van der Waals surface area contributed by atoms with Crippen molar-refractivity contribution in [3.8, 4) is 0 Å². The molecule has 1 aliphatic heterocycles. The number of piperazine rings is 1. The fourth-order valence-corrected chi connectivity index (χ4v) is 2.65. The van der Waals surface area contributed by atoms with Gasteiger partial charge in [-0.1, -0.05) is 32.4 Å². The number of carbonyl (C=O) groups excluding carboxylic acids is 2. The molecule has 0 aliphatic carbocycles. The number of nitrogens with one attached hydrogen (secondary N) is 1. The highest BCUT2D eigenvalue weighted by molar-refractivity contribution is 6.02. The zero-order valence-electron chi connectivity index (χ0n) is 13.7. The molecule has 1 N–H and O–H groups in total. The lowest BCUT2D eigenvalue weighted by molar-refractivity contribution is -0.162. The third kappa shape index (κ3) is 2.60. The molecule has 0 aromatic carbocycles. The van der Waals surface area contributed by atoms with Crippen LogP contribution in [0.4, 0.5) is 0 Å². The van der Waals surface area contributed by atoms with E-state index < -0.39 is 11.1 Å². The Balaban J connectivity index is 3.24. The van der Waals surface area contributed by atoms with E-state index in [1.807, 2.05) is 47.6 Å². The van der Waals surface area contributed by atoms with Gasteiger partial charge in [0, 0.05) is 6.54 Å². The zero-order valence-corrected chi connectivity index (χ0v) is 13.7. The monoisotopic (exact) mass is 280 g/mol. The third-order valence-electron chi connectivity index (χ3n) is 4.67. The average Bonchev–Trinajstić information content (AvgIpc) is 2.42. The molecule has 1 saturated heterocycles. The van der Waals surface area contributed by atoms with Crippen molar-refractivity contribution in [1.29, 1.82) is 0 Å². The van der Waals surface area contributed by atoms with Gasteiger partial charge in [0.15, 0.2) is 0 Å². The number of amides is 2. The highest BCUT2D eigenvalue weighted by Gasteiger charge is 2.53. The normalized spacial score (nSPS) is 25.4. The van der Waals surface area contributed by atoms with E-state index in [1.165, 1.54) is 0 Å². The Hall–Kier alpha value is -1.32. The van der Waals surface area contributed by atoms with Gasteiger partial charge in [-0.3, -0.25) is 9.59 Å². The van der Waals surface area contributed by atoms with E-state index in [0.29, 0.717) is 25.8 Å². The van der Waals surface area contributed by atoms with Gasteiger partial charge in [-0.15, -0.1) is 0 Å². The third-order valence-corrected chi connectivity index (χ3v) is 4.67. The van der Waals surface area contributed by atoms with E-state index in [4.69, 9.17) is 0 Å². The summed E-state index contributed by atoms with van der Waals surface area (Å²) in [6, 6.07) is 0. The standard InChI is InChI=1S/C16H28N2O2/c1-7-15(6)13(19)17-16(8-2,9-3)14(20)18(15)11-10-12(4)5/h10H,7-9,11H2,1-6H3,(H,17,19). The molecular formula is C16H28N2O2. The van der Waals surface area contributed by atoms with Gasteiger partial charge in [0.2, 0.25) is 11.8 Å². The first-order valence-corrected chi connectivity index (χ1v) is 7.55. The molecule has 1 atom stereocenters. The summed E-state index contributed by atoms with van der Waals surface area (Å²) in [5.74, 6) is 0.00871. The van der Waals surface area contributed by atoms with Crippen LogP contribution in [-0.4, -0.2) is 34.3 Å². The number of hydrogen-bond acceptors (Lipinski definition) is 2. The van der Waals surface area contributed by atoms with Gasteiger partial charge in [-0.2, -0.15) is 0 Å². The SMILES string of the molecule is CCC1(CC)NC(=O)C(C)(CC)N(CC=C(C)C)C1=O. The number of allylic oxidation sites excluding steroid dienone is 1. The van der Waals surface area contributed by atoms with Crippen molar-refractivity contribution in [2.75, 3.05) is 6.54 Å². The van der Waals surface area contributed by atoms with Crippen LogP contribution in [0.15, 0.2) is 11.6 Å². The minimum absolute atomic E-state index is 0.0366. The summed E-state index contributed by atoms with van der Waals surface area (Å²) < 4.78 is 0. The second kappa shape index (κ2) is 5.98. The van der Waals surface area contributed by atoms with Crippen LogP contribution in [0.25, 0.3) is 0 Å². The molecule has 0 spiro atoms. The van der Waals surface area contributed by atoms with Gasteiger partial charge in [-0.25, -0.2) is 0 Å². The van der Waals surface area contributed by atoms with Crippen LogP contribution in [0.1, 0.15) is 60.8 Å². The predicted molar refractivity (Wildman–Crippen MR) is 81.3 cm³/mol. The Morgan fingerprint density at radius 2 is 1.70 bits per heavy atom. The van der Waals surface area contributed by atoms with Gasteiger partial charge >= 0.3 is 0 Å². The molecular weight excluding hydrogens is 252 g/mol. The van der Waals surface area contributed by atoms with E-state index in [9.17, 15) is 9.59 Å². The lowest BCUT2D eigenvalue weighted by Crippen LogP contribution is -2.74. The van der Waals surface area contributed by atoms with Crippen LogP contribution in [0.3, 0.4) is 0 Å². The van der Waals surface area contributed by atoms with Crippen LogP contribution >= 0.6 is 0 Å². The van der Waals surface area contributed by atoms with Crippen LogP contribution in [0.2, 0.25) is 0 Å². The minimum atomic E-state index is -0.753. The highest BCUT2D eigenvalue weighted by atomic mass is 16.2. The van der Waals surface area contributed by atoms with Gasteiger partial charge in [0.1, 0.15) is 11.1 Å². The largest absolute Gasteiger partial charge is 0.340 e. The van der Waals surface area contributed by atoms with E-state index in [2.05, 4.69) is 5.32 Å². The Morgan fingerprint density at radius 3 is 2.10 bits per heavy atom. The zero-order chi connectivity index (χ0) is 15.6. The summed E-state index contributed by atoms with van der Waals surface area (Å²) in [5.41, 5.74) is -0.334. The van der Waals surface area contributed by atoms with Gasteiger partial charge in [0.05, 0.1) is 0 Å². The Labute approximate surface area is 122 Å². The smallest absolute Gasteiger partial charge is 0.249 e. The first-order chi connectivity index (χ1) is 9.27. The molecule has 0 aromatic rings. The first-order valence-electron chi connectivity index (χ1n) is 7.55. The van der Waals surface area contributed by atoms with Crippen LogP contribution in [-0.2, 0) is 9.59 Å². The quantitative estimate of drug-likeness (QED) is 0.787. The minimum Gasteiger partial charge on any atom is -0.340 e. The van der Waals surface area contributed by atoms with Crippen molar-refractivity contribution in [2.45, 2.75) is 71.9 Å². The van der Waals surface area contributed by atoms with Crippen molar-refractivity contribution >= 4 is 11.8 Å². The molecule has 0 radical (unpaired) electrons. The predicted octanol–water partition coefficient (Wildman–Crippen LogP) is 2.64. The van der Waals surface area contributed by atoms with Crippen molar-refractivity contribution < 1.29 is 9.59 Å². The summed E-state index contributed by atoms with van der Waals surface area (Å²) in [6.07, 6.45) is 3.88. The topological polar surface area (TPSA) is 49.4 Å². The highest BCUT2D eigenvalue weighted by Crippen LogP contribution is 2.32. The molecule has 2 amide bonds. The van der Waals surface area contributed by atoms with Crippen LogP contribution in [0, 0.1) is 0 Å². The second-order valence-corrected chi connectivity index (χ2v) is 6.07. The Kier molecular flexibility index (Phi) is 5.00. The summed E-state index contributed by atoms with van der Waals surface area (Å²) in [4.78, 5) is 27.2. The summed E-state index contributed by atoms with van der Waals surface area (Å²) >= 11 is 0. The molecule has 1 aliphatic rings. The molecule has 4 nitrogen and oxygen atoms in total. The summed E-state index contributed by atoms with van der Waals surface area (Å²) in [5, 5.41) is 2.99. The molecule has 4 heteroatoms. The van der Waals surface area contributed by atoms with Crippen molar-refractivity contribution in [1.82, 2.24) is 10.2 Å². The number of hydrogen-bond donors (Lipinski definition) is 1. The average molecular weight is 280 g/mol. The summed E-state index contributed by atoms with van der Waals surface area (Å²) in [7, 11) is 0. The number of rotatable bonds is 5. The molecule has 1 heterocycles. The summed E-state index contributed by atoms with van der Waals surface area (Å²) in [6.45, 7) is 12.2. The first kappa shape index (κ1) is 16.7. The fraction of sp³-hybridized carbons (Fsp3) is 0.750. The van der Waals surface area contributed by atoms with E-state index in [-0.39, 0.29) is 11.8 Å². The molecule has 1 unspecified atom stereocenters. The fourth-order valence-electron chi connectivity index (χ4n) is 2.65. The Bertz CT molecular complexity index is 420. The Morgan fingerprint density at radius 1 is 1.15 bits per heavy atom.